The van der Waals surface area contributed by atoms with Crippen LogP contribution in [-0.2, 0) is 10.0 Å². The van der Waals surface area contributed by atoms with Crippen molar-refractivity contribution < 1.29 is 12.8 Å². The van der Waals surface area contributed by atoms with Crippen molar-refractivity contribution in [3.05, 3.63) is 29.0 Å². The zero-order valence-corrected chi connectivity index (χ0v) is 13.2. The number of hydrogen-bond donors (Lipinski definition) is 0. The topological polar surface area (TPSA) is 40.6 Å². The summed E-state index contributed by atoms with van der Waals surface area (Å²) in [6, 6.07) is 3.51. The molecule has 1 aromatic carbocycles. The second-order valence-electron chi connectivity index (χ2n) is 5.15. The average molecular weight is 321 g/mol. The summed E-state index contributed by atoms with van der Waals surface area (Å²) < 4.78 is 40.5. The lowest BCUT2D eigenvalue weighted by atomic mass is 10.1. The molecule has 2 rings (SSSR count). The normalized spacial score (nSPS) is 25.9. The van der Waals surface area contributed by atoms with Gasteiger partial charge in [0.1, 0.15) is 10.7 Å². The first-order valence-corrected chi connectivity index (χ1v) is 8.24. The summed E-state index contributed by atoms with van der Waals surface area (Å²) in [5.74, 6) is -0.809. The summed E-state index contributed by atoms with van der Waals surface area (Å²) in [7, 11) is -1.89. The molecule has 0 spiro atoms. The minimum Gasteiger partial charge on any atom is -0.301 e. The predicted octanol–water partition coefficient (Wildman–Crippen LogP) is 2.19. The Balaban J connectivity index is 2.40. The number of rotatable bonds is 2. The largest absolute Gasteiger partial charge is 0.301 e. The van der Waals surface area contributed by atoms with Gasteiger partial charge in [0.2, 0.25) is 10.0 Å². The minimum atomic E-state index is -3.84. The van der Waals surface area contributed by atoms with Crippen LogP contribution in [0.2, 0.25) is 5.02 Å². The van der Waals surface area contributed by atoms with Crippen molar-refractivity contribution in [3.63, 3.8) is 0 Å². The third kappa shape index (κ3) is 2.70. The van der Waals surface area contributed by atoms with Crippen LogP contribution in [0.1, 0.15) is 13.8 Å². The smallest absolute Gasteiger partial charge is 0.246 e. The Hall–Kier alpha value is -0.690. The molecule has 2 atom stereocenters. The van der Waals surface area contributed by atoms with Crippen LogP contribution in [0.15, 0.2) is 23.1 Å². The quantitative estimate of drug-likeness (QED) is 0.838. The number of hydrogen-bond acceptors (Lipinski definition) is 3. The molecule has 0 bridgehead atoms. The van der Waals surface area contributed by atoms with E-state index in [4.69, 9.17) is 11.6 Å². The van der Waals surface area contributed by atoms with E-state index in [9.17, 15) is 12.8 Å². The maximum absolute atomic E-state index is 13.9. The number of sulfonamides is 1. The molecule has 1 fully saturated rings. The van der Waals surface area contributed by atoms with Crippen molar-refractivity contribution in [3.8, 4) is 0 Å². The van der Waals surface area contributed by atoms with Gasteiger partial charge in [0.15, 0.2) is 0 Å². The van der Waals surface area contributed by atoms with Crippen molar-refractivity contribution >= 4 is 21.6 Å². The molecule has 0 N–H and O–H groups in total. The van der Waals surface area contributed by atoms with Gasteiger partial charge in [0.05, 0.1) is 0 Å². The van der Waals surface area contributed by atoms with Gasteiger partial charge in [0.25, 0.3) is 0 Å². The van der Waals surface area contributed by atoms with Crippen molar-refractivity contribution in [1.29, 1.82) is 0 Å². The van der Waals surface area contributed by atoms with E-state index in [0.29, 0.717) is 13.1 Å². The van der Waals surface area contributed by atoms with E-state index in [1.807, 2.05) is 20.9 Å². The third-order valence-corrected chi connectivity index (χ3v) is 6.26. The second-order valence-corrected chi connectivity index (χ2v) is 7.45. The summed E-state index contributed by atoms with van der Waals surface area (Å²) in [5, 5.41) is 0.182. The Morgan fingerprint density at radius 1 is 1.25 bits per heavy atom. The fraction of sp³-hybridized carbons (Fsp3) is 0.538. The fourth-order valence-electron chi connectivity index (χ4n) is 2.42. The molecule has 1 aliphatic heterocycles. The highest BCUT2D eigenvalue weighted by Gasteiger charge is 2.37. The lowest BCUT2D eigenvalue weighted by Gasteiger charge is -2.42. The van der Waals surface area contributed by atoms with Crippen LogP contribution in [-0.4, -0.2) is 49.8 Å². The van der Waals surface area contributed by atoms with Crippen LogP contribution in [0.25, 0.3) is 0 Å². The predicted molar refractivity (Wildman–Crippen MR) is 76.9 cm³/mol. The lowest BCUT2D eigenvalue weighted by molar-refractivity contribution is 0.109. The summed E-state index contributed by atoms with van der Waals surface area (Å²) >= 11 is 5.67. The molecule has 0 aliphatic carbocycles. The molecule has 2 unspecified atom stereocenters. The molecule has 1 aliphatic rings. The third-order valence-electron chi connectivity index (χ3n) is 4.00. The van der Waals surface area contributed by atoms with Gasteiger partial charge in [-0.15, -0.1) is 0 Å². The standard InChI is InChI=1S/C13H18ClFN2O2S/c1-9-10(2)17(7-6-16(9)3)20(18,19)13-5-4-11(14)8-12(13)15/h4-5,8-10H,6-7H2,1-3H3. The number of piperazine rings is 1. The molecule has 0 amide bonds. The zero-order valence-electron chi connectivity index (χ0n) is 11.7. The molecular weight excluding hydrogens is 303 g/mol. The molecule has 112 valence electrons. The lowest BCUT2D eigenvalue weighted by Crippen LogP contribution is -2.57. The van der Waals surface area contributed by atoms with Crippen LogP contribution in [0, 0.1) is 5.82 Å². The van der Waals surface area contributed by atoms with Gasteiger partial charge in [-0.25, -0.2) is 12.8 Å². The molecule has 20 heavy (non-hydrogen) atoms. The highest BCUT2D eigenvalue weighted by molar-refractivity contribution is 7.89. The Kier molecular flexibility index (Phi) is 4.39. The monoisotopic (exact) mass is 320 g/mol. The van der Waals surface area contributed by atoms with E-state index in [1.54, 1.807) is 0 Å². The van der Waals surface area contributed by atoms with Crippen molar-refractivity contribution in [2.45, 2.75) is 30.8 Å². The Morgan fingerprint density at radius 2 is 1.90 bits per heavy atom. The first kappa shape index (κ1) is 15.7. The van der Waals surface area contributed by atoms with Crippen LogP contribution in [0.3, 0.4) is 0 Å². The summed E-state index contributed by atoms with van der Waals surface area (Å²) in [6.45, 7) is 4.78. The Morgan fingerprint density at radius 3 is 2.50 bits per heavy atom. The van der Waals surface area contributed by atoms with E-state index in [2.05, 4.69) is 4.90 Å². The molecule has 4 nitrogen and oxygen atoms in total. The van der Waals surface area contributed by atoms with Crippen molar-refractivity contribution in [2.75, 3.05) is 20.1 Å². The Bertz CT molecular complexity index is 608. The highest BCUT2D eigenvalue weighted by Crippen LogP contribution is 2.27. The Labute approximate surface area is 124 Å². The van der Waals surface area contributed by atoms with Gasteiger partial charge < -0.3 is 4.90 Å². The van der Waals surface area contributed by atoms with Crippen LogP contribution >= 0.6 is 11.6 Å². The van der Waals surface area contributed by atoms with Gasteiger partial charge >= 0.3 is 0 Å². The highest BCUT2D eigenvalue weighted by atomic mass is 35.5. The zero-order chi connectivity index (χ0) is 15.1. The van der Waals surface area contributed by atoms with Crippen LogP contribution < -0.4 is 0 Å². The van der Waals surface area contributed by atoms with Gasteiger partial charge in [-0.05, 0) is 39.1 Å². The molecule has 1 aromatic rings. The summed E-state index contributed by atoms with van der Waals surface area (Å²) in [5.41, 5.74) is 0. The van der Waals surface area contributed by atoms with Gasteiger partial charge in [-0.3, -0.25) is 0 Å². The van der Waals surface area contributed by atoms with Crippen LogP contribution in [0.5, 0.6) is 0 Å². The van der Waals surface area contributed by atoms with Gasteiger partial charge in [0, 0.05) is 30.2 Å². The molecule has 1 heterocycles. The van der Waals surface area contributed by atoms with E-state index in [-0.39, 0.29) is 22.0 Å². The first-order chi connectivity index (χ1) is 9.25. The SMILES string of the molecule is CC1C(C)N(S(=O)(=O)c2ccc(Cl)cc2F)CCN1C. The number of nitrogens with zero attached hydrogens (tertiary/aromatic N) is 2. The van der Waals surface area contributed by atoms with Crippen LogP contribution in [0.4, 0.5) is 4.39 Å². The van der Waals surface area contributed by atoms with E-state index >= 15 is 0 Å². The first-order valence-electron chi connectivity index (χ1n) is 6.42. The molecular formula is C13H18ClFN2O2S. The molecule has 1 saturated heterocycles. The molecule has 0 aromatic heterocycles. The summed E-state index contributed by atoms with van der Waals surface area (Å²) in [4.78, 5) is 1.78. The van der Waals surface area contributed by atoms with Crippen molar-refractivity contribution in [2.24, 2.45) is 0 Å². The van der Waals surface area contributed by atoms with Gasteiger partial charge in [-0.1, -0.05) is 11.6 Å². The number of likely N-dealkylation sites (N-methyl/N-ethyl adjacent to an activating group) is 1. The molecule has 0 saturated carbocycles. The summed E-state index contributed by atoms with van der Waals surface area (Å²) in [6.07, 6.45) is 0. The molecule has 7 heteroatoms. The maximum atomic E-state index is 13.9. The number of benzene rings is 1. The van der Waals surface area contributed by atoms with Gasteiger partial charge in [-0.2, -0.15) is 4.31 Å². The van der Waals surface area contributed by atoms with Crippen molar-refractivity contribution in [1.82, 2.24) is 9.21 Å². The van der Waals surface area contributed by atoms with E-state index in [0.717, 1.165) is 6.07 Å². The molecule has 0 radical (unpaired) electrons. The number of halogens is 2. The average Bonchev–Trinajstić information content (AvgIpc) is 2.35. The second kappa shape index (κ2) is 5.60. The maximum Gasteiger partial charge on any atom is 0.246 e. The van der Waals surface area contributed by atoms with E-state index < -0.39 is 15.8 Å². The van der Waals surface area contributed by atoms with E-state index in [1.165, 1.54) is 16.4 Å². The fourth-order valence-corrected chi connectivity index (χ4v) is 4.32. The minimum absolute atomic E-state index is 0.0777.